The minimum atomic E-state index is -0.259. The van der Waals surface area contributed by atoms with Gasteiger partial charge in [-0.1, -0.05) is 48.5 Å². The van der Waals surface area contributed by atoms with Crippen molar-refractivity contribution >= 4 is 41.1 Å². The monoisotopic (exact) mass is 435 g/mol. The van der Waals surface area contributed by atoms with E-state index < -0.39 is 0 Å². The number of carbonyl (C=O) groups is 2. The first-order chi connectivity index (χ1) is 14.7. The zero-order valence-corrected chi connectivity index (χ0v) is 17.9. The standard InChI is InChI=1S/C23H21N3O2S2/c27-21-16-30-23(26(21)13-12-17-5-2-1-3-6-17)19-10-8-18(9-11-19)22(28)25-24-15-20-7-4-14-29-20/h1-11,14-15,23H,12-13,16H2,(H,25,28)/b24-15-/t23-/m1/s1. The van der Waals surface area contributed by atoms with E-state index >= 15 is 0 Å². The summed E-state index contributed by atoms with van der Waals surface area (Å²) in [7, 11) is 0. The quantitative estimate of drug-likeness (QED) is 0.444. The lowest BCUT2D eigenvalue weighted by Crippen LogP contribution is -2.30. The number of benzene rings is 2. The van der Waals surface area contributed by atoms with Crippen molar-refractivity contribution in [3.8, 4) is 0 Å². The van der Waals surface area contributed by atoms with Crippen LogP contribution in [-0.2, 0) is 11.2 Å². The second-order valence-corrected chi connectivity index (χ2v) is 8.87. The fourth-order valence-electron chi connectivity index (χ4n) is 3.25. The molecule has 30 heavy (non-hydrogen) atoms. The number of hydrogen-bond donors (Lipinski definition) is 1. The van der Waals surface area contributed by atoms with E-state index in [1.165, 1.54) is 5.56 Å². The lowest BCUT2D eigenvalue weighted by atomic mass is 10.1. The van der Waals surface area contributed by atoms with Gasteiger partial charge in [-0.2, -0.15) is 5.10 Å². The zero-order valence-electron chi connectivity index (χ0n) is 16.2. The molecule has 1 saturated heterocycles. The summed E-state index contributed by atoms with van der Waals surface area (Å²) in [5, 5.41) is 5.93. The topological polar surface area (TPSA) is 61.8 Å². The average molecular weight is 436 g/mol. The molecule has 1 aliphatic heterocycles. The van der Waals surface area contributed by atoms with Gasteiger partial charge in [-0.25, -0.2) is 5.43 Å². The molecule has 1 fully saturated rings. The summed E-state index contributed by atoms with van der Waals surface area (Å²) in [6, 6.07) is 21.5. The summed E-state index contributed by atoms with van der Waals surface area (Å²) < 4.78 is 0. The van der Waals surface area contributed by atoms with Crippen molar-refractivity contribution in [2.24, 2.45) is 5.10 Å². The third-order valence-electron chi connectivity index (χ3n) is 4.81. The fraction of sp³-hybridized carbons (Fsp3) is 0.174. The molecule has 2 amide bonds. The Hall–Kier alpha value is -2.90. The molecule has 1 aliphatic rings. The molecule has 0 aliphatic carbocycles. The van der Waals surface area contributed by atoms with Crippen molar-refractivity contribution < 1.29 is 9.59 Å². The van der Waals surface area contributed by atoms with Gasteiger partial charge in [-0.3, -0.25) is 9.59 Å². The molecular weight excluding hydrogens is 414 g/mol. The van der Waals surface area contributed by atoms with Crippen LogP contribution < -0.4 is 5.43 Å². The van der Waals surface area contributed by atoms with Crippen LogP contribution in [-0.4, -0.2) is 35.2 Å². The van der Waals surface area contributed by atoms with Crippen LogP contribution in [0.5, 0.6) is 0 Å². The van der Waals surface area contributed by atoms with Gasteiger partial charge in [0.15, 0.2) is 0 Å². The van der Waals surface area contributed by atoms with Crippen LogP contribution in [0.4, 0.5) is 0 Å². The Morgan fingerprint density at radius 3 is 2.63 bits per heavy atom. The zero-order chi connectivity index (χ0) is 20.8. The van der Waals surface area contributed by atoms with Gasteiger partial charge in [-0.05, 0) is 41.1 Å². The third-order valence-corrected chi connectivity index (χ3v) is 6.87. The second kappa shape index (κ2) is 9.73. The third kappa shape index (κ3) is 4.98. The average Bonchev–Trinajstić information content (AvgIpc) is 3.43. The summed E-state index contributed by atoms with van der Waals surface area (Å²) in [5.74, 6) is 0.384. The van der Waals surface area contributed by atoms with Crippen molar-refractivity contribution in [2.75, 3.05) is 12.3 Å². The molecule has 5 nitrogen and oxygen atoms in total. The van der Waals surface area contributed by atoms with E-state index in [2.05, 4.69) is 22.7 Å². The maximum absolute atomic E-state index is 12.4. The van der Waals surface area contributed by atoms with Gasteiger partial charge in [0, 0.05) is 17.0 Å². The summed E-state index contributed by atoms with van der Waals surface area (Å²) in [6.07, 6.45) is 2.45. The van der Waals surface area contributed by atoms with Crippen LogP contribution in [0, 0.1) is 0 Å². The van der Waals surface area contributed by atoms with Gasteiger partial charge >= 0.3 is 0 Å². The van der Waals surface area contributed by atoms with Gasteiger partial charge in [0.1, 0.15) is 5.37 Å². The molecule has 1 atom stereocenters. The SMILES string of the molecule is O=C(N/N=C\c1cccs1)c1ccc([C@H]2SCC(=O)N2CCc2ccccc2)cc1. The first-order valence-electron chi connectivity index (χ1n) is 9.62. The summed E-state index contributed by atoms with van der Waals surface area (Å²) >= 11 is 3.18. The maximum atomic E-state index is 12.4. The van der Waals surface area contributed by atoms with Crippen molar-refractivity contribution in [1.29, 1.82) is 0 Å². The Morgan fingerprint density at radius 1 is 1.10 bits per heavy atom. The molecule has 2 aromatic carbocycles. The highest BCUT2D eigenvalue weighted by molar-refractivity contribution is 8.00. The highest BCUT2D eigenvalue weighted by atomic mass is 32.2. The van der Waals surface area contributed by atoms with E-state index in [9.17, 15) is 9.59 Å². The lowest BCUT2D eigenvalue weighted by molar-refractivity contribution is -0.128. The number of thiophene rings is 1. The number of hydrazone groups is 1. The number of nitrogens with one attached hydrogen (secondary N) is 1. The number of rotatable bonds is 7. The van der Waals surface area contributed by atoms with E-state index in [-0.39, 0.29) is 17.2 Å². The predicted octanol–water partition coefficient (Wildman–Crippen LogP) is 4.33. The smallest absolute Gasteiger partial charge is 0.271 e. The van der Waals surface area contributed by atoms with Crippen LogP contribution >= 0.6 is 23.1 Å². The van der Waals surface area contributed by atoms with Crippen LogP contribution in [0.2, 0.25) is 0 Å². The Morgan fingerprint density at radius 2 is 1.90 bits per heavy atom. The molecule has 0 spiro atoms. The van der Waals surface area contributed by atoms with Crippen molar-refractivity contribution in [3.05, 3.63) is 93.7 Å². The largest absolute Gasteiger partial charge is 0.326 e. The molecule has 3 aromatic rings. The number of hydrogen-bond acceptors (Lipinski definition) is 5. The molecule has 0 saturated carbocycles. The van der Waals surface area contributed by atoms with E-state index in [4.69, 9.17) is 0 Å². The Balaban J connectivity index is 1.38. The Labute approximate surface area is 183 Å². The number of carbonyl (C=O) groups excluding carboxylic acids is 2. The van der Waals surface area contributed by atoms with Gasteiger partial charge < -0.3 is 4.90 Å². The highest BCUT2D eigenvalue weighted by Gasteiger charge is 2.32. The van der Waals surface area contributed by atoms with Crippen LogP contribution in [0.3, 0.4) is 0 Å². The molecule has 1 N–H and O–H groups in total. The Kier molecular flexibility index (Phi) is 6.61. The van der Waals surface area contributed by atoms with Gasteiger partial charge in [-0.15, -0.1) is 23.1 Å². The minimum absolute atomic E-state index is 0.0184. The molecule has 0 unspecified atom stereocenters. The molecule has 4 rings (SSSR count). The van der Waals surface area contributed by atoms with E-state index in [0.29, 0.717) is 17.9 Å². The van der Waals surface area contributed by atoms with Crippen molar-refractivity contribution in [1.82, 2.24) is 10.3 Å². The molecule has 152 valence electrons. The second-order valence-electron chi connectivity index (χ2n) is 6.82. The number of amides is 2. The minimum Gasteiger partial charge on any atom is -0.326 e. The normalized spacial score (nSPS) is 16.3. The van der Waals surface area contributed by atoms with Crippen LogP contribution in [0.1, 0.15) is 31.7 Å². The summed E-state index contributed by atoms with van der Waals surface area (Å²) in [5.41, 5.74) is 5.33. The highest BCUT2D eigenvalue weighted by Crippen LogP contribution is 2.38. The molecule has 0 bridgehead atoms. The summed E-state index contributed by atoms with van der Waals surface area (Å²) in [4.78, 5) is 27.6. The first kappa shape index (κ1) is 20.4. The maximum Gasteiger partial charge on any atom is 0.271 e. The van der Waals surface area contributed by atoms with Crippen LogP contribution in [0.25, 0.3) is 0 Å². The number of nitrogens with zero attached hydrogens (tertiary/aromatic N) is 2. The summed E-state index contributed by atoms with van der Waals surface area (Å²) in [6.45, 7) is 0.681. The van der Waals surface area contributed by atoms with E-state index in [0.717, 1.165) is 16.9 Å². The van der Waals surface area contributed by atoms with Crippen LogP contribution in [0.15, 0.2) is 77.2 Å². The Bertz CT molecular complexity index is 1020. The molecule has 1 aromatic heterocycles. The molecule has 2 heterocycles. The lowest BCUT2D eigenvalue weighted by Gasteiger charge is -2.24. The van der Waals surface area contributed by atoms with Gasteiger partial charge in [0.05, 0.1) is 12.0 Å². The van der Waals surface area contributed by atoms with Crippen molar-refractivity contribution in [2.45, 2.75) is 11.8 Å². The van der Waals surface area contributed by atoms with Gasteiger partial charge in [0.25, 0.3) is 5.91 Å². The fourth-order valence-corrected chi connectivity index (χ4v) is 5.05. The van der Waals surface area contributed by atoms with E-state index in [1.807, 2.05) is 52.7 Å². The van der Waals surface area contributed by atoms with Crippen molar-refractivity contribution in [3.63, 3.8) is 0 Å². The molecule has 0 radical (unpaired) electrons. The first-order valence-corrected chi connectivity index (χ1v) is 11.6. The number of thioether (sulfide) groups is 1. The van der Waals surface area contributed by atoms with Gasteiger partial charge in [0.2, 0.25) is 5.91 Å². The predicted molar refractivity (Wildman–Crippen MR) is 123 cm³/mol. The molecule has 7 heteroatoms. The van der Waals surface area contributed by atoms with E-state index in [1.54, 1.807) is 41.4 Å². The molecular formula is C23H21N3O2S2.